The van der Waals surface area contributed by atoms with Crippen LogP contribution in [0.25, 0.3) is 11.3 Å². The highest BCUT2D eigenvalue weighted by atomic mass is 16.5. The second kappa shape index (κ2) is 8.35. The first-order valence-electron chi connectivity index (χ1n) is 10.1. The number of hydrogen-bond donors (Lipinski definition) is 1. The molecular formula is C23H28N4O2. The van der Waals surface area contributed by atoms with Crippen molar-refractivity contribution in [3.05, 3.63) is 72.3 Å². The van der Waals surface area contributed by atoms with Crippen molar-refractivity contribution in [2.75, 3.05) is 13.1 Å². The van der Waals surface area contributed by atoms with Gasteiger partial charge in [-0.15, -0.1) is 6.58 Å². The molecule has 1 aliphatic rings. The Hall–Kier alpha value is -2.70. The van der Waals surface area contributed by atoms with Crippen molar-refractivity contribution < 1.29 is 9.63 Å². The van der Waals surface area contributed by atoms with Crippen LogP contribution in [0, 0.1) is 6.92 Å². The van der Waals surface area contributed by atoms with Gasteiger partial charge in [0.25, 0.3) is 0 Å². The average Bonchev–Trinajstić information content (AvgIpc) is 3.31. The van der Waals surface area contributed by atoms with Gasteiger partial charge in [0.05, 0.1) is 17.8 Å². The van der Waals surface area contributed by atoms with Crippen LogP contribution in [0.3, 0.4) is 0 Å². The smallest absolute Gasteiger partial charge is 0.140 e. The van der Waals surface area contributed by atoms with Crippen LogP contribution in [0.5, 0.6) is 0 Å². The van der Waals surface area contributed by atoms with E-state index in [0.29, 0.717) is 19.3 Å². The lowest BCUT2D eigenvalue weighted by atomic mass is 9.87. The first-order valence-corrected chi connectivity index (χ1v) is 10.1. The van der Waals surface area contributed by atoms with Crippen molar-refractivity contribution in [1.82, 2.24) is 19.8 Å². The standard InChI is InChI=1S/C23H28N4O2/c1-3-11-27-17-20(18(2)24-27)16-26-12-9-23(28,10-13-26)15-21-14-22(25-29-21)19-7-5-4-6-8-19/h3-8,14,17,28H,1,9-13,15-16H2,2H3. The Bertz CT molecular complexity index is 952. The second-order valence-electron chi connectivity index (χ2n) is 7.97. The number of piperidine rings is 1. The van der Waals surface area contributed by atoms with E-state index in [1.54, 1.807) is 0 Å². The molecule has 0 bridgehead atoms. The van der Waals surface area contributed by atoms with E-state index in [9.17, 15) is 5.11 Å². The molecule has 3 heterocycles. The van der Waals surface area contributed by atoms with Gasteiger partial charge < -0.3 is 9.63 Å². The van der Waals surface area contributed by atoms with Gasteiger partial charge in [-0.2, -0.15) is 5.10 Å². The van der Waals surface area contributed by atoms with E-state index >= 15 is 0 Å². The minimum absolute atomic E-state index is 0.497. The van der Waals surface area contributed by atoms with Gasteiger partial charge in [0, 0.05) is 49.4 Å². The molecule has 152 valence electrons. The zero-order valence-corrected chi connectivity index (χ0v) is 16.9. The Morgan fingerprint density at radius 2 is 2.00 bits per heavy atom. The van der Waals surface area contributed by atoms with Crippen molar-refractivity contribution in [2.45, 2.75) is 44.9 Å². The van der Waals surface area contributed by atoms with Gasteiger partial charge in [-0.1, -0.05) is 41.6 Å². The molecule has 6 nitrogen and oxygen atoms in total. The lowest BCUT2D eigenvalue weighted by Gasteiger charge is -2.37. The number of allylic oxidation sites excluding steroid dienone is 1. The first-order chi connectivity index (χ1) is 14.0. The summed E-state index contributed by atoms with van der Waals surface area (Å²) in [7, 11) is 0. The number of aliphatic hydroxyl groups is 1. The van der Waals surface area contributed by atoms with E-state index in [-0.39, 0.29) is 0 Å². The van der Waals surface area contributed by atoms with E-state index in [2.05, 4.69) is 27.9 Å². The van der Waals surface area contributed by atoms with E-state index in [4.69, 9.17) is 4.52 Å². The maximum Gasteiger partial charge on any atom is 0.140 e. The van der Waals surface area contributed by atoms with Crippen molar-refractivity contribution >= 4 is 0 Å². The lowest BCUT2D eigenvalue weighted by Crippen LogP contribution is -2.45. The Labute approximate surface area is 171 Å². The predicted octanol–water partition coefficient (Wildman–Crippen LogP) is 3.60. The van der Waals surface area contributed by atoms with Gasteiger partial charge in [0.1, 0.15) is 11.5 Å². The van der Waals surface area contributed by atoms with Gasteiger partial charge in [-0.05, 0) is 19.8 Å². The molecule has 1 aliphatic heterocycles. The van der Waals surface area contributed by atoms with Crippen molar-refractivity contribution in [1.29, 1.82) is 0 Å². The SMILES string of the molecule is C=CCn1cc(CN2CCC(O)(Cc3cc(-c4ccccc4)no3)CC2)c(C)n1. The van der Waals surface area contributed by atoms with Gasteiger partial charge in [-0.3, -0.25) is 9.58 Å². The van der Waals surface area contributed by atoms with Crippen LogP contribution in [0.1, 0.15) is 29.9 Å². The number of nitrogens with zero attached hydrogens (tertiary/aromatic N) is 4. The molecule has 1 aromatic carbocycles. The molecule has 4 rings (SSSR count). The highest BCUT2D eigenvalue weighted by Crippen LogP contribution is 2.29. The number of aromatic nitrogens is 3. The normalized spacial score (nSPS) is 16.8. The van der Waals surface area contributed by atoms with Gasteiger partial charge in [-0.25, -0.2) is 0 Å². The highest BCUT2D eigenvalue weighted by Gasteiger charge is 2.34. The summed E-state index contributed by atoms with van der Waals surface area (Å²) in [5.41, 5.74) is 3.39. The molecule has 1 N–H and O–H groups in total. The van der Waals surface area contributed by atoms with Crippen LogP contribution in [0.4, 0.5) is 0 Å². The summed E-state index contributed by atoms with van der Waals surface area (Å²) in [6.45, 7) is 9.10. The van der Waals surface area contributed by atoms with Crippen molar-refractivity contribution in [2.24, 2.45) is 0 Å². The molecule has 3 aromatic rings. The summed E-state index contributed by atoms with van der Waals surface area (Å²) < 4.78 is 7.43. The van der Waals surface area contributed by atoms with E-state index in [1.165, 1.54) is 5.56 Å². The van der Waals surface area contributed by atoms with Crippen LogP contribution in [-0.4, -0.2) is 43.6 Å². The van der Waals surface area contributed by atoms with Crippen LogP contribution >= 0.6 is 0 Å². The van der Waals surface area contributed by atoms with E-state index in [1.807, 2.05) is 54.1 Å². The monoisotopic (exact) mass is 392 g/mol. The molecule has 2 aromatic heterocycles. The first kappa shape index (κ1) is 19.6. The maximum absolute atomic E-state index is 11.1. The summed E-state index contributed by atoms with van der Waals surface area (Å²) in [4.78, 5) is 2.38. The highest BCUT2D eigenvalue weighted by molar-refractivity contribution is 5.58. The Morgan fingerprint density at radius 3 is 2.72 bits per heavy atom. The molecule has 0 amide bonds. The molecule has 1 fully saturated rings. The van der Waals surface area contributed by atoms with Crippen molar-refractivity contribution in [3.63, 3.8) is 0 Å². The van der Waals surface area contributed by atoms with Gasteiger partial charge >= 0.3 is 0 Å². The third kappa shape index (κ3) is 4.66. The number of hydrogen-bond acceptors (Lipinski definition) is 5. The third-order valence-electron chi connectivity index (χ3n) is 5.68. The maximum atomic E-state index is 11.1. The average molecular weight is 393 g/mol. The summed E-state index contributed by atoms with van der Waals surface area (Å²) in [6, 6.07) is 11.9. The van der Waals surface area contributed by atoms with Crippen LogP contribution in [0.2, 0.25) is 0 Å². The number of aryl methyl sites for hydroxylation is 1. The number of benzene rings is 1. The van der Waals surface area contributed by atoms with Crippen LogP contribution < -0.4 is 0 Å². The molecule has 29 heavy (non-hydrogen) atoms. The minimum Gasteiger partial charge on any atom is -0.389 e. The fourth-order valence-electron chi connectivity index (χ4n) is 3.95. The largest absolute Gasteiger partial charge is 0.389 e. The van der Waals surface area contributed by atoms with E-state index in [0.717, 1.165) is 48.9 Å². The van der Waals surface area contributed by atoms with Crippen LogP contribution in [0.15, 0.2) is 59.8 Å². The van der Waals surface area contributed by atoms with Gasteiger partial charge in [0.15, 0.2) is 0 Å². The molecule has 0 radical (unpaired) electrons. The second-order valence-corrected chi connectivity index (χ2v) is 7.97. The number of likely N-dealkylation sites (tertiary alicyclic amines) is 1. The van der Waals surface area contributed by atoms with Gasteiger partial charge in [0.2, 0.25) is 0 Å². The summed E-state index contributed by atoms with van der Waals surface area (Å²) >= 11 is 0. The Balaban J connectivity index is 1.34. The lowest BCUT2D eigenvalue weighted by molar-refractivity contribution is -0.0265. The zero-order valence-electron chi connectivity index (χ0n) is 16.9. The molecule has 0 saturated carbocycles. The number of rotatable bonds is 7. The molecule has 0 atom stereocenters. The summed E-state index contributed by atoms with van der Waals surface area (Å²) in [5, 5.41) is 19.8. The topological polar surface area (TPSA) is 67.3 Å². The van der Waals surface area contributed by atoms with Crippen LogP contribution in [-0.2, 0) is 19.5 Å². The molecule has 0 spiro atoms. The van der Waals surface area contributed by atoms with Crippen molar-refractivity contribution in [3.8, 4) is 11.3 Å². The molecule has 0 aliphatic carbocycles. The fraction of sp³-hybridized carbons (Fsp3) is 0.391. The van der Waals surface area contributed by atoms with E-state index < -0.39 is 5.60 Å². The summed E-state index contributed by atoms with van der Waals surface area (Å²) in [5.74, 6) is 0.737. The zero-order chi connectivity index (χ0) is 20.3. The molecular weight excluding hydrogens is 364 g/mol. The molecule has 0 unspecified atom stereocenters. The predicted molar refractivity (Wildman–Crippen MR) is 112 cm³/mol. The Kier molecular flexibility index (Phi) is 5.65. The fourth-order valence-corrected chi connectivity index (χ4v) is 3.95. The quantitative estimate of drug-likeness (QED) is 0.622. The molecule has 1 saturated heterocycles. The molecule has 6 heteroatoms. The Morgan fingerprint density at radius 1 is 1.24 bits per heavy atom. The third-order valence-corrected chi connectivity index (χ3v) is 5.68. The minimum atomic E-state index is -0.744. The summed E-state index contributed by atoms with van der Waals surface area (Å²) in [6.07, 6.45) is 5.88.